The van der Waals surface area contributed by atoms with Crippen molar-refractivity contribution in [1.82, 2.24) is 10.6 Å². The van der Waals surface area contributed by atoms with E-state index in [2.05, 4.69) is 10.6 Å². The second-order valence-electron chi connectivity index (χ2n) is 3.77. The van der Waals surface area contributed by atoms with Gasteiger partial charge in [-0.1, -0.05) is 0 Å². The molecule has 0 bridgehead atoms. The minimum Gasteiger partial charge on any atom is -0.480 e. The van der Waals surface area contributed by atoms with Crippen LogP contribution in [0.2, 0.25) is 0 Å². The van der Waals surface area contributed by atoms with E-state index in [0.29, 0.717) is 0 Å². The van der Waals surface area contributed by atoms with Gasteiger partial charge in [-0.15, -0.1) is 0 Å². The molecule has 1 saturated heterocycles. The van der Waals surface area contributed by atoms with Crippen molar-refractivity contribution >= 4 is 23.7 Å². The highest BCUT2D eigenvalue weighted by Gasteiger charge is 2.31. The number of rotatable bonds is 5. The molecule has 0 aromatic carbocycles. The maximum absolute atomic E-state index is 11.6. The molecule has 0 radical (unpaired) electrons. The molecule has 2 atom stereocenters. The molecule has 0 aromatic heterocycles. The van der Waals surface area contributed by atoms with Crippen LogP contribution in [0.3, 0.4) is 0 Å². The van der Waals surface area contributed by atoms with Crippen LogP contribution in [-0.4, -0.2) is 41.4 Å². The Morgan fingerprint density at radius 3 is 2.59 bits per heavy atom. The first kappa shape index (κ1) is 12.9. The van der Waals surface area contributed by atoms with E-state index < -0.39 is 36.2 Å². The zero-order valence-corrected chi connectivity index (χ0v) is 8.93. The molecule has 8 nitrogen and oxygen atoms in total. The maximum Gasteiger partial charge on any atom is 0.326 e. The third-order valence-electron chi connectivity index (χ3n) is 2.37. The molecule has 1 unspecified atom stereocenters. The summed E-state index contributed by atoms with van der Waals surface area (Å²) in [6, 6.07) is -1.35. The summed E-state index contributed by atoms with van der Waals surface area (Å²) >= 11 is 0. The predicted octanol–water partition coefficient (Wildman–Crippen LogP) is -2.43. The van der Waals surface area contributed by atoms with Gasteiger partial charge in [-0.25, -0.2) is 4.79 Å². The van der Waals surface area contributed by atoms with E-state index >= 15 is 0 Å². The van der Waals surface area contributed by atoms with Crippen molar-refractivity contribution in [2.24, 2.45) is 11.7 Å². The quantitative estimate of drug-likeness (QED) is 0.425. The smallest absolute Gasteiger partial charge is 0.326 e. The molecule has 0 saturated carbocycles. The van der Waals surface area contributed by atoms with Gasteiger partial charge in [-0.3, -0.25) is 14.4 Å². The van der Waals surface area contributed by atoms with Gasteiger partial charge >= 0.3 is 5.97 Å². The lowest BCUT2D eigenvalue weighted by Crippen LogP contribution is -2.46. The summed E-state index contributed by atoms with van der Waals surface area (Å²) < 4.78 is 0. The standard InChI is InChI=1S/C9H13N3O5/c10-6(13)2-5(9(16)17)12-8(15)4-1-7(14)11-3-4/h4-5H,1-3H2,(H2,10,13)(H,11,14)(H,12,15)(H,16,17)/t4?,5-/m1/s1. The van der Waals surface area contributed by atoms with Gasteiger partial charge < -0.3 is 21.5 Å². The predicted molar refractivity (Wildman–Crippen MR) is 54.5 cm³/mol. The van der Waals surface area contributed by atoms with E-state index in [1.807, 2.05) is 0 Å². The fourth-order valence-electron chi connectivity index (χ4n) is 1.48. The molecular weight excluding hydrogens is 230 g/mol. The van der Waals surface area contributed by atoms with Gasteiger partial charge in [0.2, 0.25) is 17.7 Å². The molecule has 5 N–H and O–H groups in total. The molecule has 1 rings (SSSR count). The first-order valence-electron chi connectivity index (χ1n) is 4.98. The van der Waals surface area contributed by atoms with Gasteiger partial charge in [-0.05, 0) is 0 Å². The minimum absolute atomic E-state index is 0.0226. The van der Waals surface area contributed by atoms with Crippen LogP contribution in [-0.2, 0) is 19.2 Å². The number of hydrogen-bond donors (Lipinski definition) is 4. The van der Waals surface area contributed by atoms with Crippen LogP contribution in [0.25, 0.3) is 0 Å². The average Bonchev–Trinajstić information content (AvgIpc) is 2.63. The number of carbonyl (C=O) groups is 4. The first-order valence-corrected chi connectivity index (χ1v) is 4.98. The number of carbonyl (C=O) groups excluding carboxylic acids is 3. The second-order valence-corrected chi connectivity index (χ2v) is 3.77. The molecule has 3 amide bonds. The van der Waals surface area contributed by atoms with E-state index in [4.69, 9.17) is 10.8 Å². The van der Waals surface area contributed by atoms with Crippen LogP contribution in [0.15, 0.2) is 0 Å². The Bertz CT molecular complexity index is 368. The highest BCUT2D eigenvalue weighted by Crippen LogP contribution is 2.09. The number of nitrogens with two attached hydrogens (primary N) is 1. The summed E-state index contributed by atoms with van der Waals surface area (Å²) in [5.41, 5.74) is 4.86. The molecule has 1 heterocycles. The Kier molecular flexibility index (Phi) is 4.02. The number of hydrogen-bond acceptors (Lipinski definition) is 4. The molecular formula is C9H13N3O5. The van der Waals surface area contributed by atoms with Crippen molar-refractivity contribution in [3.63, 3.8) is 0 Å². The van der Waals surface area contributed by atoms with Crippen LogP contribution >= 0.6 is 0 Å². The van der Waals surface area contributed by atoms with Gasteiger partial charge in [0, 0.05) is 13.0 Å². The third kappa shape index (κ3) is 3.74. The molecule has 0 aliphatic carbocycles. The van der Waals surface area contributed by atoms with Crippen molar-refractivity contribution < 1.29 is 24.3 Å². The fourth-order valence-corrected chi connectivity index (χ4v) is 1.48. The Morgan fingerprint density at radius 1 is 1.53 bits per heavy atom. The summed E-state index contributed by atoms with van der Waals surface area (Å²) in [5, 5.41) is 13.4. The van der Waals surface area contributed by atoms with E-state index in [9.17, 15) is 19.2 Å². The monoisotopic (exact) mass is 243 g/mol. The van der Waals surface area contributed by atoms with Gasteiger partial charge in [0.25, 0.3) is 0 Å². The lowest BCUT2D eigenvalue weighted by atomic mass is 10.1. The number of carboxylic acids is 1. The van der Waals surface area contributed by atoms with Gasteiger partial charge in [0.05, 0.1) is 12.3 Å². The van der Waals surface area contributed by atoms with Crippen molar-refractivity contribution in [1.29, 1.82) is 0 Å². The molecule has 8 heteroatoms. The minimum atomic E-state index is -1.35. The molecule has 1 aliphatic rings. The summed E-state index contributed by atoms with van der Waals surface area (Å²) in [5.74, 6) is -3.59. The Labute approximate surface area is 96.5 Å². The Hall–Kier alpha value is -2.12. The second kappa shape index (κ2) is 5.28. The number of nitrogens with one attached hydrogen (secondary N) is 2. The number of aliphatic carboxylic acids is 1. The zero-order valence-electron chi connectivity index (χ0n) is 8.93. The topological polar surface area (TPSA) is 139 Å². The van der Waals surface area contributed by atoms with E-state index in [1.165, 1.54) is 0 Å². The normalized spacial score (nSPS) is 20.5. The molecule has 0 spiro atoms. The van der Waals surface area contributed by atoms with Crippen molar-refractivity contribution in [3.05, 3.63) is 0 Å². The summed E-state index contributed by atoms with van der Waals surface area (Å²) in [6.45, 7) is 0.174. The Balaban J connectivity index is 2.55. The fraction of sp³-hybridized carbons (Fsp3) is 0.556. The third-order valence-corrected chi connectivity index (χ3v) is 2.37. The summed E-state index contributed by atoms with van der Waals surface area (Å²) in [4.78, 5) is 43.8. The number of primary amides is 1. The lowest BCUT2D eigenvalue weighted by Gasteiger charge is -2.15. The van der Waals surface area contributed by atoms with Crippen molar-refractivity contribution in [2.45, 2.75) is 18.9 Å². The molecule has 1 aliphatic heterocycles. The van der Waals surface area contributed by atoms with E-state index in [0.717, 1.165) is 0 Å². The summed E-state index contributed by atoms with van der Waals surface area (Å²) in [7, 11) is 0. The SMILES string of the molecule is NC(=O)C[C@@H](NC(=O)C1CNC(=O)C1)C(=O)O. The summed E-state index contributed by atoms with van der Waals surface area (Å²) in [6.07, 6.45) is -0.454. The molecule has 1 fully saturated rings. The Morgan fingerprint density at radius 2 is 2.18 bits per heavy atom. The number of amides is 3. The van der Waals surface area contributed by atoms with Crippen LogP contribution in [0.5, 0.6) is 0 Å². The largest absolute Gasteiger partial charge is 0.480 e. The maximum atomic E-state index is 11.6. The van der Waals surface area contributed by atoms with Crippen LogP contribution in [0, 0.1) is 5.92 Å². The highest BCUT2D eigenvalue weighted by molar-refractivity contribution is 5.92. The van der Waals surface area contributed by atoms with Crippen molar-refractivity contribution in [3.8, 4) is 0 Å². The van der Waals surface area contributed by atoms with E-state index in [-0.39, 0.29) is 18.9 Å². The average molecular weight is 243 g/mol. The van der Waals surface area contributed by atoms with Gasteiger partial charge in [0.15, 0.2) is 0 Å². The number of carboxylic acid groups (broad SMARTS) is 1. The molecule has 94 valence electrons. The van der Waals surface area contributed by atoms with Crippen molar-refractivity contribution in [2.75, 3.05) is 6.54 Å². The van der Waals surface area contributed by atoms with E-state index in [1.54, 1.807) is 0 Å². The lowest BCUT2D eigenvalue weighted by molar-refractivity contribution is -0.143. The van der Waals surface area contributed by atoms with Gasteiger partial charge in [0.1, 0.15) is 6.04 Å². The zero-order chi connectivity index (χ0) is 13.0. The highest BCUT2D eigenvalue weighted by atomic mass is 16.4. The van der Waals surface area contributed by atoms with Crippen LogP contribution < -0.4 is 16.4 Å². The first-order chi connectivity index (χ1) is 7.90. The van der Waals surface area contributed by atoms with Crippen LogP contribution in [0.4, 0.5) is 0 Å². The molecule has 0 aromatic rings. The van der Waals surface area contributed by atoms with Gasteiger partial charge in [-0.2, -0.15) is 0 Å². The molecule has 17 heavy (non-hydrogen) atoms. The van der Waals surface area contributed by atoms with Crippen LogP contribution in [0.1, 0.15) is 12.8 Å².